The second-order valence-corrected chi connectivity index (χ2v) is 15.2. The maximum Gasteiger partial charge on any atom is 0.446 e. The number of H-pyrrole nitrogens is 1. The molecule has 2 heterocycles. The lowest BCUT2D eigenvalue weighted by atomic mass is 10.1. The van der Waals surface area contributed by atoms with Crippen molar-refractivity contribution < 1.29 is 31.9 Å². The molecule has 0 bridgehead atoms. The highest BCUT2D eigenvalue weighted by Crippen LogP contribution is 2.38. The number of nitrogens with zero attached hydrogens (tertiary/aromatic N) is 2. The molecule has 10 nitrogen and oxygen atoms in total. The minimum absolute atomic E-state index is 0.0326. The Morgan fingerprint density at radius 2 is 1.63 bits per heavy atom. The molecular formula is C36H42F3N3O7S2. The van der Waals surface area contributed by atoms with E-state index in [-0.39, 0.29) is 27.6 Å². The van der Waals surface area contributed by atoms with Crippen LogP contribution in [0.15, 0.2) is 79.9 Å². The van der Waals surface area contributed by atoms with Gasteiger partial charge in [0.15, 0.2) is 11.5 Å². The van der Waals surface area contributed by atoms with Crippen molar-refractivity contribution in [1.82, 2.24) is 14.1 Å². The summed E-state index contributed by atoms with van der Waals surface area (Å²) in [5.41, 5.74) is -4.89. The van der Waals surface area contributed by atoms with Crippen molar-refractivity contribution in [3.63, 3.8) is 0 Å². The number of unbranched alkanes of at least 4 members (excludes halogenated alkanes) is 5. The van der Waals surface area contributed by atoms with Crippen LogP contribution in [0, 0.1) is 6.92 Å². The predicted molar refractivity (Wildman–Crippen MR) is 193 cm³/mol. The van der Waals surface area contributed by atoms with Crippen LogP contribution in [0.4, 0.5) is 13.2 Å². The van der Waals surface area contributed by atoms with Crippen LogP contribution in [0.2, 0.25) is 0 Å². The van der Waals surface area contributed by atoms with Gasteiger partial charge in [0, 0.05) is 18.4 Å². The highest BCUT2D eigenvalue weighted by Gasteiger charge is 2.29. The van der Waals surface area contributed by atoms with Crippen LogP contribution < -0.4 is 31.3 Å². The van der Waals surface area contributed by atoms with Gasteiger partial charge in [-0.1, -0.05) is 49.8 Å². The first kappa shape index (κ1) is 39.7. The summed E-state index contributed by atoms with van der Waals surface area (Å²) in [6.45, 7) is 6.29. The van der Waals surface area contributed by atoms with E-state index in [0.29, 0.717) is 23.9 Å². The third-order valence-corrected chi connectivity index (χ3v) is 10.5. The Balaban J connectivity index is 0.000000238. The Kier molecular flexibility index (Phi) is 14.3. The van der Waals surface area contributed by atoms with Gasteiger partial charge in [0.05, 0.1) is 5.69 Å². The topological polar surface area (TPSA) is 128 Å². The summed E-state index contributed by atoms with van der Waals surface area (Å²) in [5, 5.41) is 0.191. The first-order valence-electron chi connectivity index (χ1n) is 16.6. The molecule has 2 atom stereocenters. The number of aryl methyl sites for hydroxylation is 1. The van der Waals surface area contributed by atoms with Gasteiger partial charge in [0.1, 0.15) is 22.5 Å². The molecule has 1 aromatic heterocycles. The van der Waals surface area contributed by atoms with Gasteiger partial charge in [-0.05, 0) is 104 Å². The Hall–Kier alpha value is -4.08. The van der Waals surface area contributed by atoms with E-state index in [0.717, 1.165) is 39.2 Å². The molecular weight excluding hydrogens is 708 g/mol. The molecule has 51 heavy (non-hydrogen) atoms. The van der Waals surface area contributed by atoms with Gasteiger partial charge < -0.3 is 18.8 Å². The number of hydrogen-bond donors (Lipinski definition) is 1. The van der Waals surface area contributed by atoms with Crippen LogP contribution in [-0.2, 0) is 24.6 Å². The summed E-state index contributed by atoms with van der Waals surface area (Å²) in [6, 6.07) is 15.9. The van der Waals surface area contributed by atoms with Crippen molar-refractivity contribution in [3.8, 4) is 28.7 Å². The van der Waals surface area contributed by atoms with Gasteiger partial charge in [0.25, 0.3) is 0 Å². The minimum atomic E-state index is -4.37. The number of benzene rings is 3. The van der Waals surface area contributed by atoms with Gasteiger partial charge in [-0.15, -0.1) is 0 Å². The standard InChI is InChI=1S/C18H14F3N3O4S.C18H28O3S/c1-10-9-11(24-16(26)22-15(25)23(2)17(24)27)3-8-14(10)28-12-4-6-13(7-5-12)29-18(19,20)21;1-3-4-5-6-7-8-11-22(19)15(2)12-16-9-10-17-18(13-16)21-14-20-17/h3-9H,1-2H3,(H,22,25,26);9-10,13,15H,3-8,11-12,14H2,1-2H3. The van der Waals surface area contributed by atoms with Crippen LogP contribution in [0.25, 0.3) is 5.69 Å². The highest BCUT2D eigenvalue weighted by molar-refractivity contribution is 8.00. The van der Waals surface area contributed by atoms with Crippen LogP contribution in [0.1, 0.15) is 63.5 Å². The normalized spacial score (nSPS) is 13.3. The number of ether oxygens (including phenoxy) is 3. The molecule has 3 aromatic carbocycles. The summed E-state index contributed by atoms with van der Waals surface area (Å²) >= 11 is -0.964. The smallest absolute Gasteiger partial charge is 0.446 e. The van der Waals surface area contributed by atoms with Crippen molar-refractivity contribution in [2.24, 2.45) is 7.05 Å². The van der Waals surface area contributed by atoms with E-state index in [4.69, 9.17) is 14.2 Å². The minimum Gasteiger partial charge on any atom is -0.616 e. The van der Waals surface area contributed by atoms with Crippen molar-refractivity contribution in [1.29, 1.82) is 0 Å². The van der Waals surface area contributed by atoms with E-state index in [1.54, 1.807) is 6.92 Å². The summed E-state index contributed by atoms with van der Waals surface area (Å²) in [7, 11) is 1.24. The molecule has 0 fully saturated rings. The number of thioether (sulfide) groups is 1. The first-order valence-corrected chi connectivity index (χ1v) is 18.8. The average molecular weight is 750 g/mol. The van der Waals surface area contributed by atoms with Gasteiger partial charge in [-0.25, -0.2) is 23.5 Å². The zero-order valence-corrected chi connectivity index (χ0v) is 30.6. The van der Waals surface area contributed by atoms with Crippen LogP contribution in [0.5, 0.6) is 23.0 Å². The Morgan fingerprint density at radius 1 is 0.941 bits per heavy atom. The van der Waals surface area contributed by atoms with Crippen molar-refractivity contribution in [2.45, 2.75) is 81.4 Å². The molecule has 1 aliphatic rings. The molecule has 2 unspecified atom stereocenters. The molecule has 5 rings (SSSR count). The fourth-order valence-corrected chi connectivity index (χ4v) is 7.03. The Morgan fingerprint density at radius 3 is 2.31 bits per heavy atom. The molecule has 0 radical (unpaired) electrons. The van der Waals surface area contributed by atoms with Crippen LogP contribution in [0.3, 0.4) is 0 Å². The summed E-state index contributed by atoms with van der Waals surface area (Å²) in [6.07, 6.45) is 8.32. The molecule has 0 aliphatic carbocycles. The molecule has 0 amide bonds. The average Bonchev–Trinajstić information content (AvgIpc) is 3.55. The second kappa shape index (κ2) is 18.4. The van der Waals surface area contributed by atoms with Gasteiger partial charge in [-0.3, -0.25) is 4.98 Å². The maximum absolute atomic E-state index is 12.4. The maximum atomic E-state index is 12.4. The van der Waals surface area contributed by atoms with Crippen molar-refractivity contribution in [2.75, 3.05) is 12.5 Å². The zero-order chi connectivity index (χ0) is 37.1. The SMILES string of the molecule is CCCCCCCC[S+]([O-])C(C)Cc1ccc2c(c1)OCO2.Cc1cc(-n2c(=O)[nH]c(=O)n(C)c2=O)ccc1Oc1ccc(SC(F)(F)F)cc1. The second-order valence-electron chi connectivity index (χ2n) is 12.0. The molecule has 0 saturated carbocycles. The fourth-order valence-electron chi connectivity index (χ4n) is 5.22. The van der Waals surface area contributed by atoms with Crippen LogP contribution in [-0.4, -0.2) is 42.0 Å². The number of halogens is 3. The van der Waals surface area contributed by atoms with Gasteiger partial charge in [0.2, 0.25) is 6.79 Å². The van der Waals surface area contributed by atoms with E-state index in [1.165, 1.54) is 87.2 Å². The predicted octanol–water partition coefficient (Wildman–Crippen LogP) is 7.39. The Bertz CT molecular complexity index is 1930. The fraction of sp³-hybridized carbons (Fsp3) is 0.417. The van der Waals surface area contributed by atoms with Gasteiger partial charge >= 0.3 is 22.6 Å². The summed E-state index contributed by atoms with van der Waals surface area (Å²) in [5.74, 6) is 3.16. The molecule has 0 saturated heterocycles. The number of aromatic nitrogens is 3. The molecule has 276 valence electrons. The summed E-state index contributed by atoms with van der Waals surface area (Å²) < 4.78 is 67.4. The lowest BCUT2D eigenvalue weighted by molar-refractivity contribution is -0.0328. The molecule has 15 heteroatoms. The molecule has 4 aromatic rings. The third-order valence-electron chi connectivity index (χ3n) is 8.01. The quantitative estimate of drug-likeness (QED) is 0.0804. The largest absolute Gasteiger partial charge is 0.616 e. The number of aromatic amines is 1. The molecule has 0 spiro atoms. The van der Waals surface area contributed by atoms with E-state index in [2.05, 4.69) is 13.8 Å². The van der Waals surface area contributed by atoms with Crippen molar-refractivity contribution >= 4 is 22.9 Å². The molecule has 1 aliphatic heterocycles. The van der Waals surface area contributed by atoms with E-state index in [1.807, 2.05) is 23.2 Å². The monoisotopic (exact) mass is 749 g/mol. The zero-order valence-electron chi connectivity index (χ0n) is 28.9. The lowest BCUT2D eigenvalue weighted by Gasteiger charge is -2.18. The lowest BCUT2D eigenvalue weighted by Crippen LogP contribution is -2.47. The van der Waals surface area contributed by atoms with E-state index < -0.39 is 33.8 Å². The highest BCUT2D eigenvalue weighted by atomic mass is 32.2. The third kappa shape index (κ3) is 11.7. The van der Waals surface area contributed by atoms with E-state index in [9.17, 15) is 32.1 Å². The first-order chi connectivity index (χ1) is 24.3. The number of nitrogens with one attached hydrogen (secondary N) is 1. The number of hydrogen-bond acceptors (Lipinski definition) is 8. The van der Waals surface area contributed by atoms with Crippen molar-refractivity contribution in [3.05, 3.63) is 103 Å². The Labute approximate surface area is 301 Å². The number of alkyl halides is 3. The summed E-state index contributed by atoms with van der Waals surface area (Å²) in [4.78, 5) is 37.8. The van der Waals surface area contributed by atoms with Gasteiger partial charge in [-0.2, -0.15) is 13.2 Å². The number of rotatable bonds is 14. The molecule has 1 N–H and O–H groups in total. The van der Waals surface area contributed by atoms with Crippen LogP contribution >= 0.6 is 11.8 Å². The van der Waals surface area contributed by atoms with E-state index >= 15 is 0 Å². The number of fused-ring (bicyclic) bond motifs is 1.